The van der Waals surface area contributed by atoms with E-state index >= 15 is 0 Å². The summed E-state index contributed by atoms with van der Waals surface area (Å²) in [6.07, 6.45) is 2.73. The second kappa shape index (κ2) is 8.86. The first kappa shape index (κ1) is 21.5. The maximum Gasteiger partial charge on any atom is 0.336 e. The summed E-state index contributed by atoms with van der Waals surface area (Å²) in [6.45, 7) is 4.76. The molecule has 5 aromatic rings. The summed E-state index contributed by atoms with van der Waals surface area (Å²) in [4.78, 5) is 25.3. The summed E-state index contributed by atoms with van der Waals surface area (Å²) in [6, 6.07) is 15.1. The van der Waals surface area contributed by atoms with E-state index < -0.39 is 0 Å². The maximum absolute atomic E-state index is 13.1. The van der Waals surface area contributed by atoms with Crippen molar-refractivity contribution in [3.8, 4) is 0 Å². The standard InChI is InChI=1S/C25H24N4O3S/c1-3-5-12-28-23(31)19-8-6-7-9-20(19)29-24(28)26-27-25(29)33-15-17-14-22(30)32-21-13-16(4-2)10-11-18(17)21/h6-11,13-14H,3-5,12,15H2,1-2H3. The van der Waals surface area contributed by atoms with E-state index in [4.69, 9.17) is 4.42 Å². The largest absolute Gasteiger partial charge is 0.423 e. The predicted octanol–water partition coefficient (Wildman–Crippen LogP) is 4.81. The number of aromatic nitrogens is 4. The Balaban J connectivity index is 1.60. The van der Waals surface area contributed by atoms with Crippen molar-refractivity contribution in [1.82, 2.24) is 19.2 Å². The molecule has 0 saturated heterocycles. The molecule has 0 fully saturated rings. The number of benzene rings is 2. The summed E-state index contributed by atoms with van der Waals surface area (Å²) in [5, 5.41) is 11.0. The van der Waals surface area contributed by atoms with Crippen LogP contribution in [-0.4, -0.2) is 19.2 Å². The minimum absolute atomic E-state index is 0.0473. The van der Waals surface area contributed by atoms with Gasteiger partial charge in [0.1, 0.15) is 5.58 Å². The topological polar surface area (TPSA) is 82.4 Å². The van der Waals surface area contributed by atoms with Crippen molar-refractivity contribution >= 4 is 39.4 Å². The highest BCUT2D eigenvalue weighted by molar-refractivity contribution is 7.98. The number of fused-ring (bicyclic) bond motifs is 4. The van der Waals surface area contributed by atoms with Gasteiger partial charge in [0.25, 0.3) is 5.56 Å². The van der Waals surface area contributed by atoms with Crippen LogP contribution in [0.5, 0.6) is 0 Å². The molecule has 168 valence electrons. The van der Waals surface area contributed by atoms with Crippen molar-refractivity contribution in [3.63, 3.8) is 0 Å². The monoisotopic (exact) mass is 460 g/mol. The Bertz CT molecular complexity index is 1600. The van der Waals surface area contributed by atoms with Crippen LogP contribution in [0.25, 0.3) is 27.6 Å². The number of thioether (sulfide) groups is 1. The summed E-state index contributed by atoms with van der Waals surface area (Å²) in [5.74, 6) is 1.07. The Morgan fingerprint density at radius 2 is 1.85 bits per heavy atom. The molecule has 0 atom stereocenters. The Labute approximate surface area is 194 Å². The lowest BCUT2D eigenvalue weighted by Gasteiger charge is -2.11. The van der Waals surface area contributed by atoms with E-state index in [-0.39, 0.29) is 11.2 Å². The number of hydrogen-bond donors (Lipinski definition) is 0. The van der Waals surface area contributed by atoms with Gasteiger partial charge in [0.05, 0.1) is 10.9 Å². The number of hydrogen-bond acceptors (Lipinski definition) is 6. The van der Waals surface area contributed by atoms with E-state index in [2.05, 4.69) is 30.1 Å². The highest BCUT2D eigenvalue weighted by Crippen LogP contribution is 2.28. The predicted molar refractivity (Wildman–Crippen MR) is 131 cm³/mol. The Morgan fingerprint density at radius 3 is 2.67 bits per heavy atom. The normalized spacial score (nSPS) is 11.7. The van der Waals surface area contributed by atoms with Crippen LogP contribution in [0.1, 0.15) is 37.8 Å². The molecule has 33 heavy (non-hydrogen) atoms. The third kappa shape index (κ3) is 3.84. The van der Waals surface area contributed by atoms with E-state index in [0.29, 0.717) is 34.2 Å². The van der Waals surface area contributed by atoms with Crippen LogP contribution in [-0.2, 0) is 18.7 Å². The highest BCUT2D eigenvalue weighted by Gasteiger charge is 2.17. The van der Waals surface area contributed by atoms with Gasteiger partial charge in [-0.3, -0.25) is 13.8 Å². The average Bonchev–Trinajstić information content (AvgIpc) is 3.26. The van der Waals surface area contributed by atoms with Crippen molar-refractivity contribution in [2.45, 2.75) is 50.6 Å². The zero-order valence-corrected chi connectivity index (χ0v) is 19.4. The van der Waals surface area contributed by atoms with Crippen LogP contribution in [0, 0.1) is 0 Å². The smallest absolute Gasteiger partial charge is 0.336 e. The first-order valence-corrected chi connectivity index (χ1v) is 12.1. The van der Waals surface area contributed by atoms with Crippen molar-refractivity contribution in [2.75, 3.05) is 0 Å². The van der Waals surface area contributed by atoms with Crippen molar-refractivity contribution in [2.24, 2.45) is 0 Å². The fourth-order valence-electron chi connectivity index (χ4n) is 4.10. The molecular weight excluding hydrogens is 436 g/mol. The molecule has 0 saturated carbocycles. The van der Waals surface area contributed by atoms with E-state index in [1.54, 1.807) is 10.6 Å². The minimum atomic E-state index is -0.365. The van der Waals surface area contributed by atoms with Crippen LogP contribution in [0.4, 0.5) is 0 Å². The Morgan fingerprint density at radius 1 is 1.00 bits per heavy atom. The molecule has 0 unspecified atom stereocenters. The van der Waals surface area contributed by atoms with Gasteiger partial charge in [-0.1, -0.05) is 56.3 Å². The molecule has 8 heteroatoms. The van der Waals surface area contributed by atoms with Crippen LogP contribution in [0.2, 0.25) is 0 Å². The second-order valence-electron chi connectivity index (χ2n) is 8.01. The Hall–Kier alpha value is -3.39. The zero-order chi connectivity index (χ0) is 22.9. The van der Waals surface area contributed by atoms with Gasteiger partial charge < -0.3 is 4.42 Å². The zero-order valence-electron chi connectivity index (χ0n) is 18.6. The molecule has 2 aromatic carbocycles. The summed E-state index contributed by atoms with van der Waals surface area (Å²) in [7, 11) is 0. The molecule has 3 heterocycles. The molecule has 0 amide bonds. The first-order valence-electron chi connectivity index (χ1n) is 11.2. The molecule has 0 aliphatic rings. The number of nitrogens with zero attached hydrogens (tertiary/aromatic N) is 4. The third-order valence-electron chi connectivity index (χ3n) is 5.87. The van der Waals surface area contributed by atoms with Gasteiger partial charge in [-0.05, 0) is 42.2 Å². The molecule has 0 aliphatic carbocycles. The molecule has 0 radical (unpaired) electrons. The van der Waals surface area contributed by atoms with Crippen LogP contribution in [0.3, 0.4) is 0 Å². The lowest BCUT2D eigenvalue weighted by atomic mass is 10.1. The fraction of sp³-hybridized carbons (Fsp3) is 0.280. The second-order valence-corrected chi connectivity index (χ2v) is 8.95. The number of aryl methyl sites for hydroxylation is 2. The van der Waals surface area contributed by atoms with E-state index in [1.165, 1.54) is 11.8 Å². The van der Waals surface area contributed by atoms with Gasteiger partial charge >= 0.3 is 5.63 Å². The highest BCUT2D eigenvalue weighted by atomic mass is 32.2. The summed E-state index contributed by atoms with van der Waals surface area (Å²) >= 11 is 1.49. The molecule has 7 nitrogen and oxygen atoms in total. The Kier molecular flexibility index (Phi) is 5.76. The lowest BCUT2D eigenvalue weighted by Crippen LogP contribution is -2.23. The summed E-state index contributed by atoms with van der Waals surface area (Å²) in [5.41, 5.74) is 2.97. The molecule has 0 N–H and O–H groups in total. The quantitative estimate of drug-likeness (QED) is 0.256. The number of rotatable bonds is 7. The molecule has 0 spiro atoms. The maximum atomic E-state index is 13.1. The van der Waals surface area contributed by atoms with Gasteiger partial charge in [-0.15, -0.1) is 10.2 Å². The third-order valence-corrected chi connectivity index (χ3v) is 6.85. The van der Waals surface area contributed by atoms with Gasteiger partial charge in [0.2, 0.25) is 5.78 Å². The molecular formula is C25H24N4O3S. The lowest BCUT2D eigenvalue weighted by molar-refractivity contribution is 0.559. The van der Waals surface area contributed by atoms with Crippen LogP contribution < -0.4 is 11.2 Å². The van der Waals surface area contributed by atoms with E-state index in [9.17, 15) is 9.59 Å². The van der Waals surface area contributed by atoms with Crippen molar-refractivity contribution < 1.29 is 4.42 Å². The van der Waals surface area contributed by atoms with Gasteiger partial charge in [-0.2, -0.15) is 0 Å². The molecule has 0 bridgehead atoms. The first-order chi connectivity index (χ1) is 16.1. The van der Waals surface area contributed by atoms with Gasteiger partial charge in [0.15, 0.2) is 5.16 Å². The number of unbranched alkanes of at least 4 members (excludes halogenated alkanes) is 1. The molecule has 5 rings (SSSR count). The number of para-hydroxylation sites is 1. The van der Waals surface area contributed by atoms with E-state index in [1.807, 2.05) is 40.8 Å². The SMILES string of the molecule is CCCCn1c(=O)c2ccccc2n2c(SCc3cc(=O)oc4cc(CC)ccc34)nnc12. The molecule has 0 aliphatic heterocycles. The van der Waals surface area contributed by atoms with Gasteiger partial charge in [0, 0.05) is 23.8 Å². The average molecular weight is 461 g/mol. The van der Waals surface area contributed by atoms with Crippen LogP contribution >= 0.6 is 11.8 Å². The van der Waals surface area contributed by atoms with Crippen molar-refractivity contribution in [3.05, 3.63) is 80.4 Å². The molecule has 3 aromatic heterocycles. The van der Waals surface area contributed by atoms with E-state index in [0.717, 1.165) is 41.3 Å². The van der Waals surface area contributed by atoms with Gasteiger partial charge in [-0.25, -0.2) is 4.79 Å². The minimum Gasteiger partial charge on any atom is -0.423 e. The fourth-order valence-corrected chi connectivity index (χ4v) is 5.03. The van der Waals surface area contributed by atoms with Crippen molar-refractivity contribution in [1.29, 1.82) is 0 Å². The summed E-state index contributed by atoms with van der Waals surface area (Å²) < 4.78 is 9.09. The van der Waals surface area contributed by atoms with Crippen LogP contribution in [0.15, 0.2) is 67.7 Å².